The summed E-state index contributed by atoms with van der Waals surface area (Å²) in [6, 6.07) is 0. The van der Waals surface area contributed by atoms with E-state index in [1.54, 1.807) is 0 Å². The van der Waals surface area contributed by atoms with Gasteiger partial charge in [0.2, 0.25) is 0 Å². The van der Waals surface area contributed by atoms with Crippen molar-refractivity contribution in [1.82, 2.24) is 9.97 Å². The van der Waals surface area contributed by atoms with Gasteiger partial charge in [-0.15, -0.1) is 0 Å². The lowest BCUT2D eigenvalue weighted by atomic mass is 9.59. The van der Waals surface area contributed by atoms with Crippen molar-refractivity contribution in [3.63, 3.8) is 0 Å². The highest BCUT2D eigenvalue weighted by Crippen LogP contribution is 2.52. The van der Waals surface area contributed by atoms with Crippen molar-refractivity contribution in [2.75, 3.05) is 6.61 Å². The van der Waals surface area contributed by atoms with Gasteiger partial charge in [-0.05, 0) is 49.9 Å². The van der Waals surface area contributed by atoms with Crippen molar-refractivity contribution in [3.8, 4) is 0 Å². The van der Waals surface area contributed by atoms with Gasteiger partial charge >= 0.3 is 0 Å². The molecule has 3 aliphatic rings. The molecule has 0 spiro atoms. The van der Waals surface area contributed by atoms with E-state index in [0.29, 0.717) is 12.5 Å². The Bertz CT molecular complexity index is 336. The van der Waals surface area contributed by atoms with E-state index < -0.39 is 0 Å². The fourth-order valence-corrected chi connectivity index (χ4v) is 3.89. The molecule has 3 fully saturated rings. The Hall–Kier alpha value is -0.830. The van der Waals surface area contributed by atoms with Crippen molar-refractivity contribution in [2.45, 2.75) is 38.0 Å². The van der Waals surface area contributed by atoms with Crippen molar-refractivity contribution in [1.29, 1.82) is 0 Å². The number of aliphatic hydroxyl groups excluding tert-OH is 1. The fraction of sp³-hybridized carbons (Fsp3) is 0.769. The molecule has 3 aliphatic carbocycles. The van der Waals surface area contributed by atoms with Gasteiger partial charge in [0, 0.05) is 24.9 Å². The predicted octanol–water partition coefficient (Wildman–Crippen LogP) is 2.31. The van der Waals surface area contributed by atoms with E-state index in [-0.39, 0.29) is 0 Å². The zero-order valence-electron chi connectivity index (χ0n) is 9.60. The van der Waals surface area contributed by atoms with E-state index in [1.807, 2.05) is 12.4 Å². The molecule has 1 heterocycles. The quantitative estimate of drug-likeness (QED) is 0.821. The lowest BCUT2D eigenvalue weighted by Gasteiger charge is -2.46. The van der Waals surface area contributed by atoms with Crippen LogP contribution < -0.4 is 0 Å². The molecule has 3 heteroatoms. The molecule has 88 valence electrons. The molecule has 4 atom stereocenters. The Labute approximate surface area is 96.3 Å². The van der Waals surface area contributed by atoms with Crippen LogP contribution in [0.15, 0.2) is 12.4 Å². The Morgan fingerprint density at radius 3 is 2.81 bits per heavy atom. The summed E-state index contributed by atoms with van der Waals surface area (Å²) >= 11 is 0. The number of nitrogens with zero attached hydrogens (tertiary/aromatic N) is 1. The van der Waals surface area contributed by atoms with Gasteiger partial charge in [0.25, 0.3) is 0 Å². The number of aliphatic hydroxyl groups is 1. The van der Waals surface area contributed by atoms with Crippen molar-refractivity contribution < 1.29 is 5.11 Å². The SMILES string of the molecule is OCCC1CC2CCC1CC2c1ncc[nH]1. The molecule has 4 rings (SSSR count). The standard InChI is InChI=1S/C13H20N2O/c16-6-3-10-7-11-2-1-9(10)8-12(11)13-14-4-5-15-13/h4-5,9-12,16H,1-3,6-8H2,(H,14,15). The number of imidazole rings is 1. The molecule has 2 bridgehead atoms. The number of fused-ring (bicyclic) bond motifs is 3. The maximum Gasteiger partial charge on any atom is 0.109 e. The first-order chi connectivity index (χ1) is 7.88. The lowest BCUT2D eigenvalue weighted by Crippen LogP contribution is -2.37. The van der Waals surface area contributed by atoms with Crippen LogP contribution >= 0.6 is 0 Å². The number of rotatable bonds is 3. The molecule has 4 unspecified atom stereocenters. The monoisotopic (exact) mass is 220 g/mol. The number of aromatic nitrogens is 2. The Morgan fingerprint density at radius 2 is 2.19 bits per heavy atom. The summed E-state index contributed by atoms with van der Waals surface area (Å²) in [6.07, 6.45) is 10.1. The number of nitrogens with one attached hydrogen (secondary N) is 1. The Kier molecular flexibility index (Phi) is 2.72. The van der Waals surface area contributed by atoms with E-state index in [0.717, 1.165) is 24.2 Å². The van der Waals surface area contributed by atoms with Crippen molar-refractivity contribution in [3.05, 3.63) is 18.2 Å². The van der Waals surface area contributed by atoms with Gasteiger partial charge < -0.3 is 10.1 Å². The first-order valence-corrected chi connectivity index (χ1v) is 6.48. The number of hydrogen-bond acceptors (Lipinski definition) is 2. The molecule has 16 heavy (non-hydrogen) atoms. The third kappa shape index (κ3) is 1.67. The predicted molar refractivity (Wildman–Crippen MR) is 62.0 cm³/mol. The maximum atomic E-state index is 9.08. The average molecular weight is 220 g/mol. The van der Waals surface area contributed by atoms with Gasteiger partial charge in [-0.1, -0.05) is 0 Å². The van der Waals surface area contributed by atoms with E-state index in [4.69, 9.17) is 5.11 Å². The van der Waals surface area contributed by atoms with Gasteiger partial charge in [-0.2, -0.15) is 0 Å². The van der Waals surface area contributed by atoms with Crippen LogP contribution in [0.3, 0.4) is 0 Å². The van der Waals surface area contributed by atoms with E-state index in [1.165, 1.54) is 31.5 Å². The first kappa shape index (κ1) is 10.3. The van der Waals surface area contributed by atoms with Crippen LogP contribution in [-0.4, -0.2) is 21.7 Å². The topological polar surface area (TPSA) is 48.9 Å². The first-order valence-electron chi connectivity index (χ1n) is 6.48. The van der Waals surface area contributed by atoms with Gasteiger partial charge in [-0.3, -0.25) is 0 Å². The number of H-pyrrole nitrogens is 1. The third-order valence-electron chi connectivity index (χ3n) is 4.68. The minimum atomic E-state index is 0.360. The number of hydrogen-bond donors (Lipinski definition) is 2. The lowest BCUT2D eigenvalue weighted by molar-refractivity contribution is 0.0564. The summed E-state index contributed by atoms with van der Waals surface area (Å²) in [5.74, 6) is 4.25. The summed E-state index contributed by atoms with van der Waals surface area (Å²) in [5, 5.41) is 9.08. The molecular formula is C13H20N2O. The summed E-state index contributed by atoms with van der Waals surface area (Å²) < 4.78 is 0. The van der Waals surface area contributed by atoms with E-state index in [9.17, 15) is 0 Å². The zero-order chi connectivity index (χ0) is 11.0. The third-order valence-corrected chi connectivity index (χ3v) is 4.68. The highest BCUT2D eigenvalue weighted by Gasteiger charge is 2.42. The van der Waals surface area contributed by atoms with Crippen LogP contribution in [0.5, 0.6) is 0 Å². The van der Waals surface area contributed by atoms with Gasteiger partial charge in [0.1, 0.15) is 5.82 Å². The molecule has 2 N–H and O–H groups in total. The van der Waals surface area contributed by atoms with E-state index in [2.05, 4.69) is 9.97 Å². The molecule has 3 nitrogen and oxygen atoms in total. The molecule has 0 aliphatic heterocycles. The molecule has 0 amide bonds. The molecule has 1 aromatic heterocycles. The highest BCUT2D eigenvalue weighted by atomic mass is 16.3. The summed E-state index contributed by atoms with van der Waals surface area (Å²) in [4.78, 5) is 7.70. The van der Waals surface area contributed by atoms with Crippen LogP contribution in [0.4, 0.5) is 0 Å². The van der Waals surface area contributed by atoms with Crippen LogP contribution in [0, 0.1) is 17.8 Å². The fourth-order valence-electron chi connectivity index (χ4n) is 3.89. The molecule has 0 aromatic carbocycles. The second kappa shape index (κ2) is 4.21. The van der Waals surface area contributed by atoms with Crippen molar-refractivity contribution in [2.24, 2.45) is 17.8 Å². The van der Waals surface area contributed by atoms with Crippen LogP contribution in [0.1, 0.15) is 43.8 Å². The maximum absolute atomic E-state index is 9.08. The second-order valence-electron chi connectivity index (χ2n) is 5.42. The van der Waals surface area contributed by atoms with Gasteiger partial charge in [0.15, 0.2) is 0 Å². The van der Waals surface area contributed by atoms with Crippen LogP contribution in [-0.2, 0) is 0 Å². The molecule has 0 radical (unpaired) electrons. The van der Waals surface area contributed by atoms with Crippen LogP contribution in [0.2, 0.25) is 0 Å². The summed E-state index contributed by atoms with van der Waals surface area (Å²) in [7, 11) is 0. The largest absolute Gasteiger partial charge is 0.396 e. The second-order valence-corrected chi connectivity index (χ2v) is 5.42. The summed E-state index contributed by atoms with van der Waals surface area (Å²) in [5.41, 5.74) is 0. The normalized spacial score (nSPS) is 37.8. The minimum absolute atomic E-state index is 0.360. The van der Waals surface area contributed by atoms with Crippen LogP contribution in [0.25, 0.3) is 0 Å². The van der Waals surface area contributed by atoms with Crippen molar-refractivity contribution >= 4 is 0 Å². The minimum Gasteiger partial charge on any atom is -0.396 e. The summed E-state index contributed by atoms with van der Waals surface area (Å²) in [6.45, 7) is 0.360. The average Bonchev–Trinajstić information content (AvgIpc) is 2.84. The van der Waals surface area contributed by atoms with E-state index >= 15 is 0 Å². The molecule has 0 saturated heterocycles. The van der Waals surface area contributed by atoms with Gasteiger partial charge in [-0.25, -0.2) is 4.98 Å². The molecule has 1 aromatic rings. The molecule has 3 saturated carbocycles. The smallest absolute Gasteiger partial charge is 0.109 e. The Morgan fingerprint density at radius 1 is 1.31 bits per heavy atom. The highest BCUT2D eigenvalue weighted by molar-refractivity contribution is 5.06. The van der Waals surface area contributed by atoms with Gasteiger partial charge in [0.05, 0.1) is 0 Å². The zero-order valence-corrected chi connectivity index (χ0v) is 9.60. The number of aromatic amines is 1. The Balaban J connectivity index is 1.74. The molecular weight excluding hydrogens is 200 g/mol.